The Hall–Kier alpha value is -3.13. The van der Waals surface area contributed by atoms with Crippen molar-refractivity contribution >= 4 is 40.2 Å². The van der Waals surface area contributed by atoms with Crippen molar-refractivity contribution < 1.29 is 14.7 Å². The van der Waals surface area contributed by atoms with Gasteiger partial charge in [-0.3, -0.25) is 9.59 Å². The van der Waals surface area contributed by atoms with Gasteiger partial charge in [0.15, 0.2) is 0 Å². The number of carbonyl (C=O) groups is 2. The number of amides is 1. The first-order chi connectivity index (χ1) is 15.4. The molecule has 1 amide bonds. The SMILES string of the molecule is Cc1c(Cl)ccc2c(-n3ccnc3)cc(N(C)CCNC(=O)C3CCCC3C(=O)O)nc12. The minimum Gasteiger partial charge on any atom is -0.481 e. The van der Waals surface area contributed by atoms with Gasteiger partial charge in [0, 0.05) is 49.0 Å². The van der Waals surface area contributed by atoms with Gasteiger partial charge >= 0.3 is 5.97 Å². The first kappa shape index (κ1) is 22.1. The molecule has 8 nitrogen and oxygen atoms in total. The third-order valence-corrected chi connectivity index (χ3v) is 6.63. The molecule has 0 bridgehead atoms. The van der Waals surface area contributed by atoms with Gasteiger partial charge in [-0.1, -0.05) is 18.0 Å². The van der Waals surface area contributed by atoms with Crippen LogP contribution in [-0.4, -0.2) is 51.7 Å². The molecule has 32 heavy (non-hydrogen) atoms. The van der Waals surface area contributed by atoms with E-state index >= 15 is 0 Å². The third kappa shape index (κ3) is 4.27. The third-order valence-electron chi connectivity index (χ3n) is 6.22. The van der Waals surface area contributed by atoms with Crippen molar-refractivity contribution in [1.82, 2.24) is 19.9 Å². The molecular weight excluding hydrogens is 430 g/mol. The Kier molecular flexibility index (Phi) is 6.32. The van der Waals surface area contributed by atoms with Crippen LogP contribution in [0, 0.1) is 18.8 Å². The number of aromatic nitrogens is 3. The van der Waals surface area contributed by atoms with Crippen LogP contribution in [0.5, 0.6) is 0 Å². The summed E-state index contributed by atoms with van der Waals surface area (Å²) in [5.74, 6) is -1.36. The summed E-state index contributed by atoms with van der Waals surface area (Å²) >= 11 is 6.35. The summed E-state index contributed by atoms with van der Waals surface area (Å²) in [6.45, 7) is 2.87. The molecule has 9 heteroatoms. The minimum absolute atomic E-state index is 0.184. The molecule has 0 saturated heterocycles. The van der Waals surface area contributed by atoms with E-state index in [4.69, 9.17) is 16.6 Å². The highest BCUT2D eigenvalue weighted by Gasteiger charge is 2.37. The summed E-state index contributed by atoms with van der Waals surface area (Å²) in [7, 11) is 1.91. The van der Waals surface area contributed by atoms with Gasteiger partial charge in [-0.25, -0.2) is 9.97 Å². The summed E-state index contributed by atoms with van der Waals surface area (Å²) in [6, 6.07) is 5.81. The number of carboxylic acid groups (broad SMARTS) is 1. The van der Waals surface area contributed by atoms with Crippen LogP contribution < -0.4 is 10.2 Å². The Morgan fingerprint density at radius 1 is 1.31 bits per heavy atom. The second-order valence-electron chi connectivity index (χ2n) is 8.23. The van der Waals surface area contributed by atoms with Crippen LogP contribution in [0.1, 0.15) is 24.8 Å². The summed E-state index contributed by atoms with van der Waals surface area (Å²) in [5, 5.41) is 13.8. The van der Waals surface area contributed by atoms with Gasteiger partial charge in [0.25, 0.3) is 0 Å². The summed E-state index contributed by atoms with van der Waals surface area (Å²) in [4.78, 5) is 34.8. The lowest BCUT2D eigenvalue weighted by atomic mass is 9.95. The Morgan fingerprint density at radius 3 is 2.81 bits per heavy atom. The second-order valence-corrected chi connectivity index (χ2v) is 8.64. The van der Waals surface area contributed by atoms with E-state index in [1.807, 2.05) is 47.8 Å². The fourth-order valence-electron chi connectivity index (χ4n) is 4.35. The van der Waals surface area contributed by atoms with Crippen molar-refractivity contribution in [2.75, 3.05) is 25.0 Å². The van der Waals surface area contributed by atoms with Crippen molar-refractivity contribution in [3.8, 4) is 5.69 Å². The lowest BCUT2D eigenvalue weighted by Crippen LogP contribution is -2.39. The van der Waals surface area contributed by atoms with Gasteiger partial charge in [-0.05, 0) is 37.5 Å². The summed E-state index contributed by atoms with van der Waals surface area (Å²) < 4.78 is 1.93. The van der Waals surface area contributed by atoms with Crippen LogP contribution >= 0.6 is 11.6 Å². The predicted molar refractivity (Wildman–Crippen MR) is 123 cm³/mol. The van der Waals surface area contributed by atoms with E-state index in [1.54, 1.807) is 12.5 Å². The van der Waals surface area contributed by atoms with Crippen molar-refractivity contribution in [1.29, 1.82) is 0 Å². The Morgan fingerprint density at radius 2 is 2.09 bits per heavy atom. The zero-order chi connectivity index (χ0) is 22.8. The Bertz CT molecular complexity index is 1150. The molecule has 1 aromatic carbocycles. The molecule has 168 valence electrons. The Labute approximate surface area is 191 Å². The van der Waals surface area contributed by atoms with Crippen molar-refractivity contribution in [3.05, 3.63) is 47.5 Å². The lowest BCUT2D eigenvalue weighted by Gasteiger charge is -2.22. The fourth-order valence-corrected chi connectivity index (χ4v) is 4.50. The maximum absolute atomic E-state index is 12.5. The van der Waals surface area contributed by atoms with E-state index in [0.717, 1.165) is 34.4 Å². The molecule has 0 aliphatic heterocycles. The number of aliphatic carboxylic acids is 1. The molecule has 3 aromatic rings. The standard InChI is InChI=1S/C23H26ClN5O3/c1-14-18(24)7-6-17-19(29-11-8-25-13-29)12-20(27-21(14)17)28(2)10-9-26-22(30)15-4-3-5-16(15)23(31)32/h6-8,11-13,15-16H,3-5,9-10H2,1-2H3,(H,26,30)(H,31,32). The van der Waals surface area contributed by atoms with Crippen LogP contribution in [0.25, 0.3) is 16.6 Å². The molecule has 2 unspecified atom stereocenters. The van der Waals surface area contributed by atoms with Crippen molar-refractivity contribution in [2.45, 2.75) is 26.2 Å². The van der Waals surface area contributed by atoms with Crippen molar-refractivity contribution in [2.24, 2.45) is 11.8 Å². The highest BCUT2D eigenvalue weighted by atomic mass is 35.5. The largest absolute Gasteiger partial charge is 0.481 e. The summed E-state index contributed by atoms with van der Waals surface area (Å²) in [6.07, 6.45) is 7.30. The zero-order valence-corrected chi connectivity index (χ0v) is 18.8. The number of nitrogens with one attached hydrogen (secondary N) is 1. The van der Waals surface area contributed by atoms with E-state index in [9.17, 15) is 14.7 Å². The second kappa shape index (κ2) is 9.16. The molecule has 2 atom stereocenters. The molecule has 0 radical (unpaired) electrons. The molecule has 1 aliphatic rings. The number of hydrogen-bond donors (Lipinski definition) is 2. The average molecular weight is 456 g/mol. The van der Waals surface area contributed by atoms with Gasteiger partial charge < -0.3 is 19.9 Å². The first-order valence-corrected chi connectivity index (χ1v) is 11.0. The fraction of sp³-hybridized carbons (Fsp3) is 0.391. The highest BCUT2D eigenvalue weighted by Crippen LogP contribution is 2.32. The van der Waals surface area contributed by atoms with Crippen LogP contribution in [-0.2, 0) is 9.59 Å². The quantitative estimate of drug-likeness (QED) is 0.566. The number of aryl methyl sites for hydroxylation is 1. The molecule has 4 rings (SSSR count). The Balaban J connectivity index is 1.52. The number of fused-ring (bicyclic) bond motifs is 1. The number of anilines is 1. The number of hydrogen-bond acceptors (Lipinski definition) is 5. The minimum atomic E-state index is -0.888. The van der Waals surface area contributed by atoms with Gasteiger partial charge in [-0.15, -0.1) is 0 Å². The van der Waals surface area contributed by atoms with E-state index in [1.165, 1.54) is 0 Å². The highest BCUT2D eigenvalue weighted by molar-refractivity contribution is 6.32. The topological polar surface area (TPSA) is 100 Å². The number of benzene rings is 1. The first-order valence-electron chi connectivity index (χ1n) is 10.7. The molecule has 0 spiro atoms. The number of carboxylic acids is 1. The van der Waals surface area contributed by atoms with Crippen LogP contribution in [0.3, 0.4) is 0 Å². The van der Waals surface area contributed by atoms with Crippen LogP contribution in [0.4, 0.5) is 5.82 Å². The maximum Gasteiger partial charge on any atom is 0.307 e. The molecule has 1 fully saturated rings. The van der Waals surface area contributed by atoms with E-state index in [0.29, 0.717) is 31.0 Å². The van der Waals surface area contributed by atoms with Gasteiger partial charge in [0.05, 0.1) is 29.4 Å². The normalized spacial score (nSPS) is 18.1. The molecule has 1 saturated carbocycles. The van der Waals surface area contributed by atoms with Crippen LogP contribution in [0.15, 0.2) is 36.9 Å². The van der Waals surface area contributed by atoms with Gasteiger partial charge in [-0.2, -0.15) is 0 Å². The van der Waals surface area contributed by atoms with E-state index in [2.05, 4.69) is 10.3 Å². The number of halogens is 1. The molecule has 2 aromatic heterocycles. The van der Waals surface area contributed by atoms with Gasteiger partial charge in [0.1, 0.15) is 5.82 Å². The number of imidazole rings is 1. The van der Waals surface area contributed by atoms with E-state index < -0.39 is 17.8 Å². The smallest absolute Gasteiger partial charge is 0.307 e. The predicted octanol–water partition coefficient (Wildman–Crippen LogP) is 3.44. The van der Waals surface area contributed by atoms with E-state index in [-0.39, 0.29) is 5.91 Å². The van der Waals surface area contributed by atoms with Crippen LogP contribution in [0.2, 0.25) is 5.02 Å². The molecule has 2 heterocycles. The number of nitrogens with zero attached hydrogens (tertiary/aromatic N) is 4. The number of rotatable bonds is 7. The molecular formula is C23H26ClN5O3. The lowest BCUT2D eigenvalue weighted by molar-refractivity contribution is -0.146. The number of pyridine rings is 1. The number of likely N-dealkylation sites (N-methyl/N-ethyl adjacent to an activating group) is 1. The maximum atomic E-state index is 12.5. The molecule has 1 aliphatic carbocycles. The van der Waals surface area contributed by atoms with Crippen molar-refractivity contribution in [3.63, 3.8) is 0 Å². The number of carbonyl (C=O) groups excluding carboxylic acids is 1. The zero-order valence-electron chi connectivity index (χ0n) is 18.1. The monoisotopic (exact) mass is 455 g/mol. The van der Waals surface area contributed by atoms with Gasteiger partial charge in [0.2, 0.25) is 5.91 Å². The summed E-state index contributed by atoms with van der Waals surface area (Å²) in [5.41, 5.74) is 2.65. The molecule has 2 N–H and O–H groups in total. The average Bonchev–Trinajstić information content (AvgIpc) is 3.48.